The second-order valence-corrected chi connectivity index (χ2v) is 8.74. The molecule has 3 fully saturated rings. The van der Waals surface area contributed by atoms with Crippen LogP contribution in [0, 0.1) is 22.2 Å². The molecule has 2 bridgehead atoms. The van der Waals surface area contributed by atoms with Gasteiger partial charge in [0, 0.05) is 12.1 Å². The van der Waals surface area contributed by atoms with E-state index >= 15 is 0 Å². The van der Waals surface area contributed by atoms with Crippen LogP contribution in [0.3, 0.4) is 0 Å². The molecule has 0 aliphatic heterocycles. The van der Waals surface area contributed by atoms with Crippen LogP contribution in [0.2, 0.25) is 0 Å². The minimum atomic E-state index is -0.353. The molecule has 0 radical (unpaired) electrons. The highest BCUT2D eigenvalue weighted by Gasteiger charge is 2.60. The molecule has 0 saturated heterocycles. The van der Waals surface area contributed by atoms with E-state index in [2.05, 4.69) is 33.0 Å². The van der Waals surface area contributed by atoms with E-state index in [1.54, 1.807) is 0 Å². The molecule has 0 spiro atoms. The second-order valence-electron chi connectivity index (χ2n) is 8.74. The van der Waals surface area contributed by atoms with Gasteiger partial charge in [0.2, 0.25) is 5.91 Å². The summed E-state index contributed by atoms with van der Waals surface area (Å²) in [6.45, 7) is 9.10. The Morgan fingerprint density at radius 1 is 1.15 bits per heavy atom. The first-order valence-electron chi connectivity index (χ1n) is 8.27. The molecule has 0 heterocycles. The molecule has 3 rings (SSSR count). The predicted octanol–water partition coefficient (Wildman–Crippen LogP) is 2.83. The second kappa shape index (κ2) is 4.22. The first-order valence-corrected chi connectivity index (χ1v) is 8.27. The van der Waals surface area contributed by atoms with Crippen molar-refractivity contribution in [3.63, 3.8) is 0 Å². The molecule has 0 aromatic heterocycles. The van der Waals surface area contributed by atoms with E-state index in [-0.39, 0.29) is 22.8 Å². The molecule has 0 aromatic carbocycles. The highest BCUT2D eigenvalue weighted by molar-refractivity contribution is 5.84. The van der Waals surface area contributed by atoms with Gasteiger partial charge in [-0.25, -0.2) is 0 Å². The summed E-state index contributed by atoms with van der Waals surface area (Å²) in [5.41, 5.74) is 6.37. The molecule has 3 aliphatic carbocycles. The highest BCUT2D eigenvalue weighted by Crippen LogP contribution is 2.62. The van der Waals surface area contributed by atoms with E-state index in [1.165, 1.54) is 19.3 Å². The monoisotopic (exact) mass is 278 g/mol. The van der Waals surface area contributed by atoms with Crippen LogP contribution in [0.25, 0.3) is 0 Å². The maximum absolute atomic E-state index is 12.8. The van der Waals surface area contributed by atoms with Crippen molar-refractivity contribution in [2.75, 3.05) is 0 Å². The van der Waals surface area contributed by atoms with Gasteiger partial charge >= 0.3 is 0 Å². The third-order valence-electron chi connectivity index (χ3n) is 7.09. The van der Waals surface area contributed by atoms with E-state index in [0.717, 1.165) is 25.2 Å². The molecular weight excluding hydrogens is 248 g/mol. The van der Waals surface area contributed by atoms with E-state index in [4.69, 9.17) is 5.73 Å². The van der Waals surface area contributed by atoms with Crippen molar-refractivity contribution in [2.45, 2.75) is 78.3 Å². The average Bonchev–Trinajstić information content (AvgIpc) is 2.96. The molecule has 3 nitrogen and oxygen atoms in total. The standard InChI is InChI=1S/C17H30N2O/c1-15(2)11-7-9-16(3,10-11)13(15)19-14(20)17(4)8-5-6-12(17)18/h11-13H,5-10,18H2,1-4H3,(H,19,20). The molecule has 5 atom stereocenters. The van der Waals surface area contributed by atoms with Crippen LogP contribution < -0.4 is 11.1 Å². The lowest BCUT2D eigenvalue weighted by atomic mass is 9.68. The highest BCUT2D eigenvalue weighted by atomic mass is 16.2. The number of nitrogens with two attached hydrogens (primary N) is 1. The minimum absolute atomic E-state index is 0.0250. The average molecular weight is 278 g/mol. The minimum Gasteiger partial charge on any atom is -0.352 e. The Hall–Kier alpha value is -0.570. The van der Waals surface area contributed by atoms with E-state index < -0.39 is 0 Å². The van der Waals surface area contributed by atoms with Crippen molar-refractivity contribution in [1.82, 2.24) is 5.32 Å². The summed E-state index contributed by atoms with van der Waals surface area (Å²) >= 11 is 0. The van der Waals surface area contributed by atoms with Gasteiger partial charge < -0.3 is 11.1 Å². The Kier molecular flexibility index (Phi) is 3.03. The van der Waals surface area contributed by atoms with Crippen LogP contribution in [0.5, 0.6) is 0 Å². The Bertz CT molecular complexity index is 428. The maximum Gasteiger partial charge on any atom is 0.227 e. The van der Waals surface area contributed by atoms with Gasteiger partial charge in [-0.15, -0.1) is 0 Å². The van der Waals surface area contributed by atoms with Gasteiger partial charge in [-0.2, -0.15) is 0 Å². The van der Waals surface area contributed by atoms with Gasteiger partial charge in [0.15, 0.2) is 0 Å². The number of amides is 1. The van der Waals surface area contributed by atoms with Crippen LogP contribution >= 0.6 is 0 Å². The first kappa shape index (κ1) is 14.4. The van der Waals surface area contributed by atoms with Crippen molar-refractivity contribution in [1.29, 1.82) is 0 Å². The molecule has 20 heavy (non-hydrogen) atoms. The lowest BCUT2D eigenvalue weighted by Crippen LogP contribution is -2.57. The van der Waals surface area contributed by atoms with Crippen molar-refractivity contribution < 1.29 is 4.79 Å². The van der Waals surface area contributed by atoms with Gasteiger partial charge in [-0.3, -0.25) is 4.79 Å². The molecule has 1 amide bonds. The fourth-order valence-electron chi connectivity index (χ4n) is 5.43. The SMILES string of the molecule is CC12CCC(C1)C(C)(C)C2NC(=O)C1(C)CCCC1N. The fourth-order valence-corrected chi connectivity index (χ4v) is 5.43. The molecule has 3 aliphatic rings. The van der Waals surface area contributed by atoms with Crippen molar-refractivity contribution in [3.8, 4) is 0 Å². The molecule has 3 saturated carbocycles. The summed E-state index contributed by atoms with van der Waals surface area (Å²) in [5.74, 6) is 0.970. The van der Waals surface area contributed by atoms with Crippen LogP contribution in [-0.4, -0.2) is 18.0 Å². The number of carbonyl (C=O) groups excluding carboxylic acids is 1. The van der Waals surface area contributed by atoms with E-state index in [9.17, 15) is 4.79 Å². The topological polar surface area (TPSA) is 55.1 Å². The number of rotatable bonds is 2. The quantitative estimate of drug-likeness (QED) is 0.816. The largest absolute Gasteiger partial charge is 0.352 e. The summed E-state index contributed by atoms with van der Waals surface area (Å²) < 4.78 is 0. The third-order valence-corrected chi connectivity index (χ3v) is 7.09. The van der Waals surface area contributed by atoms with Crippen LogP contribution in [0.4, 0.5) is 0 Å². The number of hydrogen-bond acceptors (Lipinski definition) is 2. The zero-order chi connectivity index (χ0) is 14.8. The summed E-state index contributed by atoms with van der Waals surface area (Å²) in [5, 5.41) is 3.44. The predicted molar refractivity (Wildman–Crippen MR) is 81.1 cm³/mol. The number of nitrogens with one attached hydrogen (secondary N) is 1. The molecule has 3 heteroatoms. The number of fused-ring (bicyclic) bond motifs is 2. The fraction of sp³-hybridized carbons (Fsp3) is 0.941. The Labute approximate surface area is 123 Å². The van der Waals surface area contributed by atoms with Gasteiger partial charge in [-0.1, -0.05) is 27.2 Å². The summed E-state index contributed by atoms with van der Waals surface area (Å²) in [7, 11) is 0. The smallest absolute Gasteiger partial charge is 0.227 e. The number of carbonyl (C=O) groups is 1. The zero-order valence-corrected chi connectivity index (χ0v) is 13.5. The van der Waals surface area contributed by atoms with Gasteiger partial charge in [0.05, 0.1) is 5.41 Å². The molecular formula is C17H30N2O. The summed E-state index contributed by atoms with van der Waals surface area (Å²) in [6.07, 6.45) is 6.86. The molecule has 114 valence electrons. The van der Waals surface area contributed by atoms with Crippen LogP contribution in [-0.2, 0) is 4.79 Å². The van der Waals surface area contributed by atoms with Crippen LogP contribution in [0.15, 0.2) is 0 Å². The van der Waals surface area contributed by atoms with Gasteiger partial charge in [0.1, 0.15) is 0 Å². The first-order chi connectivity index (χ1) is 9.20. The van der Waals surface area contributed by atoms with E-state index in [1.807, 2.05) is 0 Å². The van der Waals surface area contributed by atoms with Gasteiger partial charge in [0.25, 0.3) is 0 Å². The Morgan fingerprint density at radius 3 is 2.35 bits per heavy atom. The molecule has 3 N–H and O–H groups in total. The molecule has 0 aromatic rings. The van der Waals surface area contributed by atoms with Gasteiger partial charge in [-0.05, 0) is 55.8 Å². The van der Waals surface area contributed by atoms with Crippen molar-refractivity contribution in [2.24, 2.45) is 27.9 Å². The Morgan fingerprint density at radius 2 is 1.85 bits per heavy atom. The van der Waals surface area contributed by atoms with E-state index in [0.29, 0.717) is 11.5 Å². The maximum atomic E-state index is 12.8. The normalized spacial score (nSPS) is 49.5. The van der Waals surface area contributed by atoms with Crippen molar-refractivity contribution in [3.05, 3.63) is 0 Å². The molecule has 5 unspecified atom stereocenters. The van der Waals surface area contributed by atoms with Crippen molar-refractivity contribution >= 4 is 5.91 Å². The number of hydrogen-bond donors (Lipinski definition) is 2. The van der Waals surface area contributed by atoms with Crippen LogP contribution in [0.1, 0.15) is 66.2 Å². The summed E-state index contributed by atoms with van der Waals surface area (Å²) in [6, 6.07) is 0.336. The Balaban J connectivity index is 1.79. The lowest BCUT2D eigenvalue weighted by molar-refractivity contribution is -0.133. The lowest BCUT2D eigenvalue weighted by Gasteiger charge is -2.44. The zero-order valence-electron chi connectivity index (χ0n) is 13.5. The summed E-state index contributed by atoms with van der Waals surface area (Å²) in [4.78, 5) is 12.8. The third kappa shape index (κ3) is 1.78.